The number of anilines is 3. The maximum Gasteiger partial charge on any atom is 0.0546 e. The molecule has 0 radical (unpaired) electrons. The van der Waals surface area contributed by atoms with Crippen molar-refractivity contribution < 1.29 is 0 Å². The molecule has 2 atom stereocenters. The highest BCUT2D eigenvalue weighted by Crippen LogP contribution is 2.51. The molecule has 0 fully saturated rings. The second kappa shape index (κ2) is 15.8. The van der Waals surface area contributed by atoms with Crippen LogP contribution in [0.5, 0.6) is 0 Å². The molecule has 1 aliphatic carbocycles. The van der Waals surface area contributed by atoms with E-state index in [4.69, 9.17) is 0 Å². The molecule has 0 aromatic heterocycles. The van der Waals surface area contributed by atoms with E-state index < -0.39 is 0 Å². The van der Waals surface area contributed by atoms with Crippen LogP contribution in [0.4, 0.5) is 17.1 Å². The minimum Gasteiger partial charge on any atom is -0.310 e. The lowest BCUT2D eigenvalue weighted by atomic mass is 9.70. The molecule has 0 aliphatic heterocycles. The van der Waals surface area contributed by atoms with E-state index in [1.165, 1.54) is 76.8 Å². The van der Waals surface area contributed by atoms with Crippen LogP contribution in [-0.2, 0) is 0 Å². The molecule has 288 valence electrons. The Morgan fingerprint density at radius 1 is 0.328 bits per heavy atom. The number of benzene rings is 10. The number of hydrogen-bond donors (Lipinski definition) is 0. The number of hydrogen-bond acceptors (Lipinski definition) is 1. The second-order valence-electron chi connectivity index (χ2n) is 16.1. The molecule has 1 heteroatoms. The van der Waals surface area contributed by atoms with Crippen LogP contribution in [0.15, 0.2) is 249 Å². The fourth-order valence-electron chi connectivity index (χ4n) is 9.52. The molecule has 0 saturated carbocycles. The minimum absolute atomic E-state index is 0.0580. The van der Waals surface area contributed by atoms with Gasteiger partial charge in [-0.2, -0.15) is 0 Å². The van der Waals surface area contributed by atoms with E-state index in [2.05, 4.69) is 254 Å². The summed E-state index contributed by atoms with van der Waals surface area (Å²) in [6.45, 7) is 0. The van der Waals surface area contributed by atoms with Crippen molar-refractivity contribution in [2.24, 2.45) is 0 Å². The van der Waals surface area contributed by atoms with E-state index >= 15 is 0 Å². The van der Waals surface area contributed by atoms with Gasteiger partial charge in [-0.3, -0.25) is 0 Å². The molecule has 0 bridgehead atoms. The molecular formula is C60H43N. The number of rotatable bonds is 8. The van der Waals surface area contributed by atoms with E-state index in [9.17, 15) is 0 Å². The van der Waals surface area contributed by atoms with Gasteiger partial charge in [0.1, 0.15) is 0 Å². The summed E-state index contributed by atoms with van der Waals surface area (Å²) in [7, 11) is 0. The fraction of sp³-hybridized carbons (Fsp3) is 0.0333. The van der Waals surface area contributed by atoms with Gasteiger partial charge in [0.15, 0.2) is 0 Å². The Hall–Kier alpha value is -7.74. The van der Waals surface area contributed by atoms with E-state index in [-0.39, 0.29) is 11.8 Å². The average Bonchev–Trinajstić information content (AvgIpc) is 3.34. The SMILES string of the molecule is C1=C(c2ccccc2)C=C(c2ccccc2)C(c2cccc(N(c3ccc(-c4ccc5ccccc5c4)cc3)c3cc4ccccc4c4ccccc34)c2)C1c1ccccc1. The molecule has 10 aromatic rings. The summed E-state index contributed by atoms with van der Waals surface area (Å²) in [6, 6.07) is 86.6. The number of allylic oxidation sites excluding steroid dienone is 4. The van der Waals surface area contributed by atoms with Crippen molar-refractivity contribution >= 4 is 60.5 Å². The minimum atomic E-state index is 0.0580. The van der Waals surface area contributed by atoms with Crippen molar-refractivity contribution in [2.75, 3.05) is 4.90 Å². The van der Waals surface area contributed by atoms with Crippen molar-refractivity contribution in [3.05, 3.63) is 271 Å². The summed E-state index contributed by atoms with van der Waals surface area (Å²) < 4.78 is 0. The van der Waals surface area contributed by atoms with E-state index in [0.717, 1.165) is 17.1 Å². The van der Waals surface area contributed by atoms with Gasteiger partial charge in [0, 0.05) is 28.6 Å². The van der Waals surface area contributed by atoms with Crippen LogP contribution in [0.1, 0.15) is 34.1 Å². The first-order valence-electron chi connectivity index (χ1n) is 21.2. The monoisotopic (exact) mass is 777 g/mol. The Balaban J connectivity index is 1.11. The highest BCUT2D eigenvalue weighted by molar-refractivity contribution is 6.14. The van der Waals surface area contributed by atoms with Crippen molar-refractivity contribution in [3.8, 4) is 11.1 Å². The molecule has 0 heterocycles. The quantitative estimate of drug-likeness (QED) is 0.139. The highest BCUT2D eigenvalue weighted by atomic mass is 15.1. The zero-order valence-corrected chi connectivity index (χ0v) is 33.8. The summed E-state index contributed by atoms with van der Waals surface area (Å²) in [5.41, 5.74) is 13.4. The maximum atomic E-state index is 2.49. The van der Waals surface area contributed by atoms with Gasteiger partial charge in [0.2, 0.25) is 0 Å². The van der Waals surface area contributed by atoms with Gasteiger partial charge in [0.05, 0.1) is 5.69 Å². The zero-order valence-electron chi connectivity index (χ0n) is 33.8. The Bertz CT molecular complexity index is 3230. The van der Waals surface area contributed by atoms with Crippen molar-refractivity contribution in [3.63, 3.8) is 0 Å². The molecule has 11 rings (SSSR count). The zero-order chi connectivity index (χ0) is 40.5. The third-order valence-corrected chi connectivity index (χ3v) is 12.4. The normalized spacial score (nSPS) is 15.1. The van der Waals surface area contributed by atoms with Gasteiger partial charge in [0.25, 0.3) is 0 Å². The summed E-state index contributed by atoms with van der Waals surface area (Å²) in [5.74, 6) is 0.158. The van der Waals surface area contributed by atoms with Crippen LogP contribution in [-0.4, -0.2) is 0 Å². The van der Waals surface area contributed by atoms with Gasteiger partial charge in [-0.05, 0) is 108 Å². The third-order valence-electron chi connectivity index (χ3n) is 12.4. The van der Waals surface area contributed by atoms with Crippen LogP contribution >= 0.6 is 0 Å². The van der Waals surface area contributed by atoms with Crippen molar-refractivity contribution in [1.82, 2.24) is 0 Å². The smallest absolute Gasteiger partial charge is 0.0546 e. The van der Waals surface area contributed by atoms with Crippen LogP contribution in [0.25, 0.3) is 54.6 Å². The maximum absolute atomic E-state index is 2.49. The first-order chi connectivity index (χ1) is 30.2. The second-order valence-corrected chi connectivity index (χ2v) is 16.1. The summed E-state index contributed by atoms with van der Waals surface area (Å²) in [5, 5.41) is 7.43. The molecule has 0 spiro atoms. The average molecular weight is 778 g/mol. The lowest BCUT2D eigenvalue weighted by Crippen LogP contribution is -2.17. The molecular weight excluding hydrogens is 735 g/mol. The topological polar surface area (TPSA) is 3.24 Å². The number of fused-ring (bicyclic) bond motifs is 4. The molecule has 2 unspecified atom stereocenters. The summed E-state index contributed by atoms with van der Waals surface area (Å²) >= 11 is 0. The predicted octanol–water partition coefficient (Wildman–Crippen LogP) is 16.3. The lowest BCUT2D eigenvalue weighted by molar-refractivity contribution is 0.748. The standard InChI is InChI=1S/C60H43N/c1-4-17-42(18-5-1)51-39-57(45-20-6-2-7-21-45)60(58(40-51)46-22-8-3-9-23-46)50-26-16-27-53(38-50)61(59-41-49-25-12-13-28-54(49)55-29-14-15-30-56(55)59)52-35-33-44(34-36-52)48-32-31-43-19-10-11-24-47(43)37-48/h1-41,57,60H. The Morgan fingerprint density at radius 2 is 0.918 bits per heavy atom. The fourth-order valence-corrected chi connectivity index (χ4v) is 9.52. The van der Waals surface area contributed by atoms with E-state index in [1.807, 2.05) is 0 Å². The molecule has 0 amide bonds. The van der Waals surface area contributed by atoms with Gasteiger partial charge < -0.3 is 4.90 Å². The van der Waals surface area contributed by atoms with E-state index in [1.54, 1.807) is 0 Å². The van der Waals surface area contributed by atoms with Crippen LogP contribution < -0.4 is 4.90 Å². The Labute approximate surface area is 357 Å². The van der Waals surface area contributed by atoms with Crippen LogP contribution in [0.2, 0.25) is 0 Å². The molecule has 0 N–H and O–H groups in total. The molecule has 1 nitrogen and oxygen atoms in total. The lowest BCUT2D eigenvalue weighted by Gasteiger charge is -2.34. The summed E-state index contributed by atoms with van der Waals surface area (Å²) in [6.07, 6.45) is 4.93. The van der Waals surface area contributed by atoms with E-state index in [0.29, 0.717) is 0 Å². The molecule has 61 heavy (non-hydrogen) atoms. The van der Waals surface area contributed by atoms with Crippen LogP contribution in [0.3, 0.4) is 0 Å². The van der Waals surface area contributed by atoms with Crippen molar-refractivity contribution in [1.29, 1.82) is 0 Å². The predicted molar refractivity (Wildman–Crippen MR) is 260 cm³/mol. The first kappa shape index (κ1) is 36.3. The molecule has 1 aliphatic rings. The number of nitrogens with zero attached hydrogens (tertiary/aromatic N) is 1. The van der Waals surface area contributed by atoms with Gasteiger partial charge in [-0.15, -0.1) is 0 Å². The van der Waals surface area contributed by atoms with Gasteiger partial charge in [-0.1, -0.05) is 212 Å². The van der Waals surface area contributed by atoms with Crippen LogP contribution in [0, 0.1) is 0 Å². The Morgan fingerprint density at radius 3 is 1.67 bits per heavy atom. The largest absolute Gasteiger partial charge is 0.310 e. The first-order valence-corrected chi connectivity index (χ1v) is 21.2. The van der Waals surface area contributed by atoms with Gasteiger partial charge in [-0.25, -0.2) is 0 Å². The Kier molecular flexibility index (Phi) is 9.41. The molecule has 10 aromatic carbocycles. The molecule has 0 saturated heterocycles. The van der Waals surface area contributed by atoms with Crippen molar-refractivity contribution in [2.45, 2.75) is 11.8 Å². The third kappa shape index (κ3) is 6.91. The highest BCUT2D eigenvalue weighted by Gasteiger charge is 2.32. The van der Waals surface area contributed by atoms with Gasteiger partial charge >= 0.3 is 0 Å². The summed E-state index contributed by atoms with van der Waals surface area (Å²) in [4.78, 5) is 2.47.